The lowest BCUT2D eigenvalue weighted by Gasteiger charge is -2.27. The first-order valence-corrected chi connectivity index (χ1v) is 11.1. The number of aliphatic hydroxyl groups excluding tert-OH is 2. The lowest BCUT2D eigenvalue weighted by molar-refractivity contribution is -0.135. The van der Waals surface area contributed by atoms with Crippen molar-refractivity contribution in [3.8, 4) is 0 Å². The zero-order chi connectivity index (χ0) is 21.9. The van der Waals surface area contributed by atoms with Crippen LogP contribution < -0.4 is 0 Å². The van der Waals surface area contributed by atoms with Crippen molar-refractivity contribution in [2.24, 2.45) is 17.3 Å². The fourth-order valence-corrected chi connectivity index (χ4v) is 4.20. The third-order valence-corrected chi connectivity index (χ3v) is 5.96. The Hall–Kier alpha value is -1.46. The largest absolute Gasteiger partial charge is 0.435 e. The highest BCUT2D eigenvalue weighted by Crippen LogP contribution is 2.38. The number of hydrogen-bond acceptors (Lipinski definition) is 5. The predicted molar refractivity (Wildman–Crippen MR) is 115 cm³/mol. The quantitative estimate of drug-likeness (QED) is 0.262. The molecule has 0 aliphatic heterocycles. The van der Waals surface area contributed by atoms with E-state index in [2.05, 4.69) is 25.5 Å². The third kappa shape index (κ3) is 10.2. The molecule has 1 rings (SSSR count). The normalized spacial score (nSPS) is 23.9. The summed E-state index contributed by atoms with van der Waals surface area (Å²) in [5, 5.41) is 20.5. The van der Waals surface area contributed by atoms with Crippen LogP contribution in [0.2, 0.25) is 0 Å². The number of esters is 1. The standard InChI is InChI=1S/C24H40O5/c1-5-6-14-24(3,4)15-9-11-20-21(23(28)17-22(20)27)13-12-19(26)10-7-8-16-29-18(2)25/h7-8,10,16,19-22,26-27H,5-6,9,11-15,17H2,1-4H3/b10-7+,16-8+/t19?,20-,21-,22-/m1/s1. The van der Waals surface area contributed by atoms with Crippen LogP contribution in [0.25, 0.3) is 0 Å². The van der Waals surface area contributed by atoms with Gasteiger partial charge in [-0.15, -0.1) is 0 Å². The van der Waals surface area contributed by atoms with Crippen molar-refractivity contribution < 1.29 is 24.5 Å². The Morgan fingerprint density at radius 1 is 1.24 bits per heavy atom. The summed E-state index contributed by atoms with van der Waals surface area (Å²) in [4.78, 5) is 23.0. The van der Waals surface area contributed by atoms with Gasteiger partial charge in [-0.2, -0.15) is 0 Å². The highest BCUT2D eigenvalue weighted by Gasteiger charge is 2.40. The maximum Gasteiger partial charge on any atom is 0.307 e. The van der Waals surface area contributed by atoms with Crippen molar-refractivity contribution in [3.05, 3.63) is 24.5 Å². The van der Waals surface area contributed by atoms with E-state index < -0.39 is 18.2 Å². The van der Waals surface area contributed by atoms with E-state index in [-0.39, 0.29) is 24.0 Å². The van der Waals surface area contributed by atoms with E-state index in [1.165, 1.54) is 38.5 Å². The van der Waals surface area contributed by atoms with Gasteiger partial charge in [0.2, 0.25) is 0 Å². The number of Topliss-reactive ketones (excluding diaryl/α,β-unsaturated/α-hetero) is 1. The first-order valence-electron chi connectivity index (χ1n) is 11.1. The van der Waals surface area contributed by atoms with Gasteiger partial charge in [-0.1, -0.05) is 52.2 Å². The van der Waals surface area contributed by atoms with Crippen LogP contribution in [-0.2, 0) is 14.3 Å². The molecule has 1 aliphatic rings. The Morgan fingerprint density at radius 2 is 1.93 bits per heavy atom. The van der Waals surface area contributed by atoms with Crippen LogP contribution in [0.3, 0.4) is 0 Å². The molecule has 2 N–H and O–H groups in total. The van der Waals surface area contributed by atoms with Gasteiger partial charge >= 0.3 is 5.97 Å². The predicted octanol–water partition coefficient (Wildman–Crippen LogP) is 4.71. The Kier molecular flexibility index (Phi) is 11.4. The van der Waals surface area contributed by atoms with Crippen molar-refractivity contribution in [2.45, 2.75) is 97.7 Å². The number of aliphatic hydroxyl groups is 2. The van der Waals surface area contributed by atoms with Crippen molar-refractivity contribution in [3.63, 3.8) is 0 Å². The monoisotopic (exact) mass is 408 g/mol. The van der Waals surface area contributed by atoms with Gasteiger partial charge in [-0.25, -0.2) is 0 Å². The Labute approximate surface area is 176 Å². The second-order valence-electron chi connectivity index (χ2n) is 9.14. The molecule has 4 atom stereocenters. The molecule has 1 aliphatic carbocycles. The first kappa shape index (κ1) is 25.6. The highest BCUT2D eigenvalue weighted by atomic mass is 16.5. The molecule has 1 unspecified atom stereocenters. The van der Waals surface area contributed by atoms with Crippen LogP contribution in [0, 0.1) is 17.3 Å². The summed E-state index contributed by atoms with van der Waals surface area (Å²) >= 11 is 0. The molecular formula is C24H40O5. The number of hydrogen-bond donors (Lipinski definition) is 2. The summed E-state index contributed by atoms with van der Waals surface area (Å²) in [5.41, 5.74) is 0.305. The van der Waals surface area contributed by atoms with E-state index in [4.69, 9.17) is 0 Å². The molecule has 0 bridgehead atoms. The molecule has 1 saturated carbocycles. The number of unbranched alkanes of at least 4 members (excludes halogenated alkanes) is 1. The molecule has 0 aromatic carbocycles. The molecule has 0 amide bonds. The lowest BCUT2D eigenvalue weighted by Crippen LogP contribution is -2.22. The van der Waals surface area contributed by atoms with Gasteiger partial charge in [0, 0.05) is 19.3 Å². The van der Waals surface area contributed by atoms with Crippen LogP contribution in [0.5, 0.6) is 0 Å². The van der Waals surface area contributed by atoms with Gasteiger partial charge in [-0.3, -0.25) is 9.59 Å². The number of ether oxygens (including phenoxy) is 1. The molecule has 5 heteroatoms. The molecule has 0 saturated heterocycles. The van der Waals surface area contributed by atoms with Gasteiger partial charge in [0.05, 0.1) is 18.5 Å². The minimum absolute atomic E-state index is 0.00418. The summed E-state index contributed by atoms with van der Waals surface area (Å²) in [5.74, 6) is -0.431. The number of carbonyl (C=O) groups excluding carboxylic acids is 2. The van der Waals surface area contributed by atoms with Crippen LogP contribution >= 0.6 is 0 Å². The third-order valence-electron chi connectivity index (χ3n) is 5.96. The molecule has 0 heterocycles. The van der Waals surface area contributed by atoms with Crippen LogP contribution in [0.15, 0.2) is 24.5 Å². The van der Waals surface area contributed by atoms with E-state index >= 15 is 0 Å². The molecule has 166 valence electrons. The minimum atomic E-state index is -0.670. The average molecular weight is 409 g/mol. The van der Waals surface area contributed by atoms with Crippen LogP contribution in [0.1, 0.15) is 85.5 Å². The van der Waals surface area contributed by atoms with Gasteiger partial charge in [0.25, 0.3) is 0 Å². The molecule has 0 spiro atoms. The lowest BCUT2D eigenvalue weighted by atomic mass is 9.79. The topological polar surface area (TPSA) is 83.8 Å². The summed E-state index contributed by atoms with van der Waals surface area (Å²) < 4.78 is 4.66. The average Bonchev–Trinajstić information content (AvgIpc) is 2.90. The number of carbonyl (C=O) groups is 2. The fourth-order valence-electron chi connectivity index (χ4n) is 4.20. The first-order chi connectivity index (χ1) is 13.7. The van der Waals surface area contributed by atoms with Gasteiger partial charge < -0.3 is 14.9 Å². The number of allylic oxidation sites excluding steroid dienone is 2. The Morgan fingerprint density at radius 3 is 2.59 bits per heavy atom. The maximum atomic E-state index is 12.4. The number of ketones is 1. The van der Waals surface area contributed by atoms with Crippen molar-refractivity contribution in [1.29, 1.82) is 0 Å². The van der Waals surface area contributed by atoms with Gasteiger partial charge in [-0.05, 0) is 49.5 Å². The Bertz CT molecular complexity index is 564. The minimum Gasteiger partial charge on any atom is -0.435 e. The molecule has 0 aromatic heterocycles. The molecule has 0 radical (unpaired) electrons. The van der Waals surface area contributed by atoms with Crippen molar-refractivity contribution >= 4 is 11.8 Å². The molecule has 0 aromatic rings. The zero-order valence-corrected chi connectivity index (χ0v) is 18.6. The van der Waals surface area contributed by atoms with Crippen LogP contribution in [0.4, 0.5) is 0 Å². The molecular weight excluding hydrogens is 368 g/mol. The summed E-state index contributed by atoms with van der Waals surface area (Å²) in [6.45, 7) is 8.13. The summed E-state index contributed by atoms with van der Waals surface area (Å²) in [6, 6.07) is 0. The molecule has 5 nitrogen and oxygen atoms in total. The highest BCUT2D eigenvalue weighted by molar-refractivity contribution is 5.84. The van der Waals surface area contributed by atoms with E-state index in [0.717, 1.165) is 19.3 Å². The van der Waals surface area contributed by atoms with E-state index in [1.54, 1.807) is 12.2 Å². The van der Waals surface area contributed by atoms with Crippen LogP contribution in [-0.4, -0.2) is 34.2 Å². The second kappa shape index (κ2) is 13.0. The van der Waals surface area contributed by atoms with Crippen molar-refractivity contribution in [2.75, 3.05) is 0 Å². The SMILES string of the molecule is CCCCC(C)(C)CCC[C@H]1[C@H](O)CC(=O)[C@@H]1CCC(O)/C=C/C=C/OC(C)=O. The zero-order valence-electron chi connectivity index (χ0n) is 18.6. The van der Waals surface area contributed by atoms with E-state index in [1.807, 2.05) is 0 Å². The number of rotatable bonds is 13. The second-order valence-corrected chi connectivity index (χ2v) is 9.14. The molecule has 29 heavy (non-hydrogen) atoms. The summed E-state index contributed by atoms with van der Waals surface area (Å²) in [7, 11) is 0. The smallest absolute Gasteiger partial charge is 0.307 e. The van der Waals surface area contributed by atoms with E-state index in [0.29, 0.717) is 18.3 Å². The maximum absolute atomic E-state index is 12.4. The summed E-state index contributed by atoms with van der Waals surface area (Å²) in [6.07, 6.45) is 12.8. The molecule has 1 fully saturated rings. The van der Waals surface area contributed by atoms with Crippen molar-refractivity contribution in [1.82, 2.24) is 0 Å². The van der Waals surface area contributed by atoms with Gasteiger partial charge in [0.15, 0.2) is 0 Å². The fraction of sp³-hybridized carbons (Fsp3) is 0.750. The van der Waals surface area contributed by atoms with Gasteiger partial charge in [0.1, 0.15) is 5.78 Å². The van der Waals surface area contributed by atoms with E-state index in [9.17, 15) is 19.8 Å². The Balaban J connectivity index is 2.47.